The van der Waals surface area contributed by atoms with Crippen molar-refractivity contribution in [2.24, 2.45) is 0 Å². The summed E-state index contributed by atoms with van der Waals surface area (Å²) in [7, 11) is -1.25. The molecule has 1 atom stereocenters. The largest absolute Gasteiger partial charge is 0.354 e. The number of hydrogen-bond acceptors (Lipinski definition) is 5. The van der Waals surface area contributed by atoms with Gasteiger partial charge >= 0.3 is 0 Å². The maximum absolute atomic E-state index is 12.1. The summed E-state index contributed by atoms with van der Waals surface area (Å²) >= 11 is 0. The Morgan fingerprint density at radius 1 is 1.25 bits per heavy atom. The van der Waals surface area contributed by atoms with Crippen LogP contribution in [0.2, 0.25) is 0 Å². The molecule has 0 aromatic heterocycles. The van der Waals surface area contributed by atoms with E-state index in [1.165, 1.54) is 38.4 Å². The molecule has 24 heavy (non-hydrogen) atoms. The van der Waals surface area contributed by atoms with Crippen molar-refractivity contribution in [3.05, 3.63) is 29.8 Å². The Morgan fingerprint density at radius 2 is 1.83 bits per heavy atom. The first-order valence-corrected chi connectivity index (χ1v) is 8.89. The van der Waals surface area contributed by atoms with E-state index < -0.39 is 22.0 Å². The summed E-state index contributed by atoms with van der Waals surface area (Å²) in [5, 5.41) is 5.25. The number of carbonyl (C=O) groups excluding carboxylic acids is 2. The van der Waals surface area contributed by atoms with Crippen LogP contribution in [0.15, 0.2) is 29.2 Å². The van der Waals surface area contributed by atoms with Crippen LogP contribution in [0.3, 0.4) is 0 Å². The van der Waals surface area contributed by atoms with Crippen LogP contribution in [0.25, 0.3) is 0 Å². The molecule has 0 saturated heterocycles. The Hall–Kier alpha value is -1.97. The van der Waals surface area contributed by atoms with Crippen molar-refractivity contribution in [2.75, 3.05) is 20.7 Å². The average Bonchev–Trinajstić information content (AvgIpc) is 2.58. The molecule has 1 aromatic rings. The summed E-state index contributed by atoms with van der Waals surface area (Å²) in [6.07, 6.45) is 0.804. The summed E-state index contributed by atoms with van der Waals surface area (Å²) in [5.41, 5.74) is 0.254. The first kappa shape index (κ1) is 20.1. The third-order valence-electron chi connectivity index (χ3n) is 3.30. The van der Waals surface area contributed by atoms with Crippen LogP contribution < -0.4 is 10.6 Å². The van der Waals surface area contributed by atoms with Gasteiger partial charge in [-0.05, 0) is 37.6 Å². The average molecular weight is 357 g/mol. The second-order valence-electron chi connectivity index (χ2n) is 5.11. The SMILES string of the molecule is CCCNC(=O)[C@@H](C)NC(=O)c1ccc(S(=O)(=O)N(C)OC)cc1. The molecular formula is C15H23N3O5S. The maximum Gasteiger partial charge on any atom is 0.264 e. The van der Waals surface area contributed by atoms with Gasteiger partial charge in [0.2, 0.25) is 5.91 Å². The standard InChI is InChI=1S/C15H23N3O5S/c1-5-10-16-14(19)11(2)17-15(20)12-6-8-13(9-7-12)24(21,22)18(3)23-4/h6-9,11H,5,10H2,1-4H3,(H,16,19)(H,17,20)/t11-/m1/s1. The number of hydroxylamine groups is 1. The molecular weight excluding hydrogens is 334 g/mol. The maximum atomic E-state index is 12.1. The number of hydrogen-bond donors (Lipinski definition) is 2. The van der Waals surface area contributed by atoms with E-state index >= 15 is 0 Å². The van der Waals surface area contributed by atoms with E-state index in [-0.39, 0.29) is 16.4 Å². The second kappa shape index (κ2) is 8.76. The minimum atomic E-state index is -3.76. The fraction of sp³-hybridized carbons (Fsp3) is 0.467. The molecule has 0 heterocycles. The lowest BCUT2D eigenvalue weighted by atomic mass is 10.2. The van der Waals surface area contributed by atoms with Gasteiger partial charge in [0, 0.05) is 19.2 Å². The molecule has 0 aliphatic rings. The predicted molar refractivity (Wildman–Crippen MR) is 88.6 cm³/mol. The van der Waals surface area contributed by atoms with Crippen LogP contribution in [0.1, 0.15) is 30.6 Å². The molecule has 0 unspecified atom stereocenters. The highest BCUT2D eigenvalue weighted by Gasteiger charge is 2.21. The minimum absolute atomic E-state index is 0.00265. The van der Waals surface area contributed by atoms with E-state index in [0.29, 0.717) is 6.54 Å². The van der Waals surface area contributed by atoms with Crippen LogP contribution in [0, 0.1) is 0 Å². The number of sulfonamides is 1. The molecule has 0 saturated carbocycles. The fourth-order valence-electron chi connectivity index (χ4n) is 1.77. The molecule has 1 rings (SSSR count). The molecule has 0 bridgehead atoms. The highest BCUT2D eigenvalue weighted by molar-refractivity contribution is 7.89. The molecule has 0 spiro atoms. The van der Waals surface area contributed by atoms with E-state index in [9.17, 15) is 18.0 Å². The van der Waals surface area contributed by atoms with E-state index in [0.717, 1.165) is 10.9 Å². The molecule has 0 aliphatic heterocycles. The lowest BCUT2D eigenvalue weighted by molar-refractivity contribution is -0.122. The minimum Gasteiger partial charge on any atom is -0.354 e. The molecule has 134 valence electrons. The van der Waals surface area contributed by atoms with Crippen LogP contribution in [0.5, 0.6) is 0 Å². The molecule has 8 nitrogen and oxygen atoms in total. The Bertz CT molecular complexity index is 673. The van der Waals surface area contributed by atoms with Crippen molar-refractivity contribution in [1.82, 2.24) is 15.1 Å². The Kier molecular flexibility index (Phi) is 7.33. The number of rotatable bonds is 8. The smallest absolute Gasteiger partial charge is 0.264 e. The van der Waals surface area contributed by atoms with E-state index in [2.05, 4.69) is 15.5 Å². The molecule has 9 heteroatoms. The quantitative estimate of drug-likeness (QED) is 0.660. The number of amides is 2. The monoisotopic (exact) mass is 357 g/mol. The van der Waals surface area contributed by atoms with Crippen molar-refractivity contribution in [3.63, 3.8) is 0 Å². The second-order valence-corrected chi connectivity index (χ2v) is 7.04. The third kappa shape index (κ3) is 5.02. The van der Waals surface area contributed by atoms with Crippen LogP contribution >= 0.6 is 0 Å². The summed E-state index contributed by atoms with van der Waals surface area (Å²) in [4.78, 5) is 28.5. The first-order chi connectivity index (χ1) is 11.2. The van der Waals surface area contributed by atoms with Gasteiger partial charge in [-0.1, -0.05) is 11.4 Å². The Morgan fingerprint density at radius 3 is 2.33 bits per heavy atom. The predicted octanol–water partition coefficient (Wildman–Crippen LogP) is 0.513. The molecule has 1 aromatic carbocycles. The van der Waals surface area contributed by atoms with E-state index in [4.69, 9.17) is 0 Å². The topological polar surface area (TPSA) is 105 Å². The van der Waals surface area contributed by atoms with Crippen molar-refractivity contribution >= 4 is 21.8 Å². The summed E-state index contributed by atoms with van der Waals surface area (Å²) in [5.74, 6) is -0.732. The zero-order valence-corrected chi connectivity index (χ0v) is 15.0. The molecule has 0 radical (unpaired) electrons. The number of carbonyl (C=O) groups is 2. The zero-order valence-electron chi connectivity index (χ0n) is 14.2. The third-order valence-corrected chi connectivity index (χ3v) is 4.99. The zero-order chi connectivity index (χ0) is 18.3. The Balaban J connectivity index is 2.79. The van der Waals surface area contributed by atoms with Crippen molar-refractivity contribution in [3.8, 4) is 0 Å². The van der Waals surface area contributed by atoms with Gasteiger partial charge in [0.15, 0.2) is 0 Å². The molecule has 2 amide bonds. The summed E-state index contributed by atoms with van der Waals surface area (Å²) in [6, 6.07) is 4.68. The van der Waals surface area contributed by atoms with Crippen molar-refractivity contribution in [1.29, 1.82) is 0 Å². The van der Waals surface area contributed by atoms with Crippen LogP contribution in [0.4, 0.5) is 0 Å². The highest BCUT2D eigenvalue weighted by Crippen LogP contribution is 2.15. The van der Waals surface area contributed by atoms with Gasteiger partial charge in [0.25, 0.3) is 15.9 Å². The Labute approximate surface area is 142 Å². The summed E-state index contributed by atoms with van der Waals surface area (Å²) < 4.78 is 24.8. The lowest BCUT2D eigenvalue weighted by Gasteiger charge is -2.15. The molecule has 0 fully saturated rings. The fourth-order valence-corrected chi connectivity index (χ4v) is 2.74. The highest BCUT2D eigenvalue weighted by atomic mass is 32.2. The van der Waals surface area contributed by atoms with Gasteiger partial charge in [0.1, 0.15) is 6.04 Å². The lowest BCUT2D eigenvalue weighted by Crippen LogP contribution is -2.45. The number of benzene rings is 1. The van der Waals surface area contributed by atoms with Crippen molar-refractivity contribution < 1.29 is 22.8 Å². The van der Waals surface area contributed by atoms with Gasteiger partial charge in [-0.25, -0.2) is 8.42 Å². The van der Waals surface area contributed by atoms with Gasteiger partial charge in [0.05, 0.1) is 12.0 Å². The van der Waals surface area contributed by atoms with Crippen LogP contribution in [-0.4, -0.2) is 51.4 Å². The van der Waals surface area contributed by atoms with Crippen molar-refractivity contribution in [2.45, 2.75) is 31.2 Å². The normalized spacial score (nSPS) is 12.7. The number of nitrogens with one attached hydrogen (secondary N) is 2. The molecule has 0 aliphatic carbocycles. The number of nitrogens with zero attached hydrogens (tertiary/aromatic N) is 1. The van der Waals surface area contributed by atoms with E-state index in [1.54, 1.807) is 6.92 Å². The molecule has 2 N–H and O–H groups in total. The van der Waals surface area contributed by atoms with Gasteiger partial charge in [-0.15, -0.1) is 0 Å². The van der Waals surface area contributed by atoms with Gasteiger partial charge in [-0.3, -0.25) is 14.4 Å². The van der Waals surface area contributed by atoms with Gasteiger partial charge < -0.3 is 10.6 Å². The van der Waals surface area contributed by atoms with Crippen LogP contribution in [-0.2, 0) is 19.7 Å². The first-order valence-electron chi connectivity index (χ1n) is 7.45. The van der Waals surface area contributed by atoms with Gasteiger partial charge in [-0.2, -0.15) is 0 Å². The summed E-state index contributed by atoms with van der Waals surface area (Å²) in [6.45, 7) is 4.05. The van der Waals surface area contributed by atoms with E-state index in [1.807, 2.05) is 6.92 Å².